The Morgan fingerprint density at radius 2 is 1.69 bits per heavy atom. The van der Waals surface area contributed by atoms with Gasteiger partial charge in [0.25, 0.3) is 0 Å². The first-order valence-electron chi connectivity index (χ1n) is 10.6. The molecule has 0 aromatic heterocycles. The average molecular weight is 358 g/mol. The minimum absolute atomic E-state index is 0.122. The van der Waals surface area contributed by atoms with Crippen molar-refractivity contribution in [3.8, 4) is 0 Å². The lowest BCUT2D eigenvalue weighted by molar-refractivity contribution is -0.117. The topological polar surface area (TPSA) is 35.6 Å². The van der Waals surface area contributed by atoms with Crippen molar-refractivity contribution >= 4 is 11.6 Å². The fourth-order valence-electron chi connectivity index (χ4n) is 4.35. The summed E-state index contributed by atoms with van der Waals surface area (Å²) in [6.45, 7) is 8.61. The summed E-state index contributed by atoms with van der Waals surface area (Å²) < 4.78 is 0. The number of anilines is 1. The van der Waals surface area contributed by atoms with Gasteiger partial charge >= 0.3 is 0 Å². The molecule has 1 N–H and O–H groups in total. The molecular weight excluding hydrogens is 322 g/mol. The smallest absolute Gasteiger partial charge is 0.238 e. The van der Waals surface area contributed by atoms with E-state index in [1.54, 1.807) is 0 Å². The first-order valence-corrected chi connectivity index (χ1v) is 10.6. The van der Waals surface area contributed by atoms with E-state index in [2.05, 4.69) is 28.1 Å². The van der Waals surface area contributed by atoms with Crippen LogP contribution in [0.25, 0.3) is 0 Å². The number of para-hydroxylation sites is 1. The van der Waals surface area contributed by atoms with E-state index in [-0.39, 0.29) is 5.91 Å². The summed E-state index contributed by atoms with van der Waals surface area (Å²) in [4.78, 5) is 17.4. The highest BCUT2D eigenvalue weighted by Gasteiger charge is 2.23. The van der Waals surface area contributed by atoms with Crippen LogP contribution in [0.1, 0.15) is 51.0 Å². The standard InChI is InChI=1S/C22H35N3O/c1-2-20-9-5-6-10-21(20)23-22(26)18-25-15-11-19(12-16-25)17-24-13-7-3-4-8-14-24/h5-6,9-10,19H,2-4,7-8,11-18H2,1H3,(H,23,26). The van der Waals surface area contributed by atoms with Gasteiger partial charge in [-0.3, -0.25) is 9.69 Å². The second-order valence-corrected chi connectivity index (χ2v) is 7.99. The van der Waals surface area contributed by atoms with E-state index in [1.807, 2.05) is 18.2 Å². The molecule has 2 fully saturated rings. The Labute approximate surface area is 158 Å². The molecule has 0 radical (unpaired) electrons. The largest absolute Gasteiger partial charge is 0.325 e. The van der Waals surface area contributed by atoms with E-state index in [9.17, 15) is 4.79 Å². The SMILES string of the molecule is CCc1ccccc1NC(=O)CN1CCC(CN2CCCCCC2)CC1. The van der Waals surface area contributed by atoms with Crippen molar-refractivity contribution in [2.45, 2.75) is 51.9 Å². The van der Waals surface area contributed by atoms with Gasteiger partial charge in [-0.15, -0.1) is 0 Å². The minimum atomic E-state index is 0.122. The normalized spacial score (nSPS) is 20.7. The number of amides is 1. The molecule has 0 aliphatic carbocycles. The Balaban J connectivity index is 1.40. The number of aryl methyl sites for hydroxylation is 1. The molecule has 0 bridgehead atoms. The number of carbonyl (C=O) groups excluding carboxylic acids is 1. The monoisotopic (exact) mass is 357 g/mol. The van der Waals surface area contributed by atoms with Gasteiger partial charge in [0.1, 0.15) is 0 Å². The Morgan fingerprint density at radius 3 is 2.38 bits per heavy atom. The zero-order valence-corrected chi connectivity index (χ0v) is 16.4. The van der Waals surface area contributed by atoms with Crippen molar-refractivity contribution in [1.29, 1.82) is 0 Å². The summed E-state index contributed by atoms with van der Waals surface area (Å²) in [5, 5.41) is 3.10. The zero-order valence-electron chi connectivity index (χ0n) is 16.4. The maximum absolute atomic E-state index is 12.4. The molecule has 2 aliphatic heterocycles. The van der Waals surface area contributed by atoms with Gasteiger partial charge in [-0.1, -0.05) is 38.0 Å². The number of carbonyl (C=O) groups is 1. The molecule has 0 spiro atoms. The first-order chi connectivity index (χ1) is 12.7. The van der Waals surface area contributed by atoms with Crippen LogP contribution in [0.3, 0.4) is 0 Å². The molecule has 2 saturated heterocycles. The van der Waals surface area contributed by atoms with Crippen LogP contribution in [0, 0.1) is 5.92 Å². The number of rotatable bonds is 6. The predicted molar refractivity (Wildman–Crippen MR) is 109 cm³/mol. The van der Waals surface area contributed by atoms with Crippen LogP contribution in [0.4, 0.5) is 5.69 Å². The van der Waals surface area contributed by atoms with Crippen LogP contribution >= 0.6 is 0 Å². The Bertz CT molecular complexity index is 558. The molecule has 144 valence electrons. The van der Waals surface area contributed by atoms with Gasteiger partial charge in [0, 0.05) is 12.2 Å². The highest BCUT2D eigenvalue weighted by atomic mass is 16.2. The number of benzene rings is 1. The molecule has 0 saturated carbocycles. The van der Waals surface area contributed by atoms with Crippen molar-refractivity contribution in [3.05, 3.63) is 29.8 Å². The summed E-state index contributed by atoms with van der Waals surface area (Å²) in [6, 6.07) is 8.11. The molecule has 0 unspecified atom stereocenters. The molecule has 4 nitrogen and oxygen atoms in total. The molecule has 2 aliphatic rings. The van der Waals surface area contributed by atoms with Crippen LogP contribution in [0.15, 0.2) is 24.3 Å². The maximum atomic E-state index is 12.4. The number of hydrogen-bond acceptors (Lipinski definition) is 3. The number of nitrogens with one attached hydrogen (secondary N) is 1. The van der Waals surface area contributed by atoms with Crippen LogP contribution in [0.5, 0.6) is 0 Å². The molecule has 2 heterocycles. The number of nitrogens with zero attached hydrogens (tertiary/aromatic N) is 2. The molecule has 1 amide bonds. The van der Waals surface area contributed by atoms with Gasteiger partial charge < -0.3 is 10.2 Å². The molecule has 3 rings (SSSR count). The van der Waals surface area contributed by atoms with Crippen LogP contribution in [-0.4, -0.2) is 55.0 Å². The Kier molecular flexibility index (Phi) is 7.51. The van der Waals surface area contributed by atoms with Gasteiger partial charge in [-0.2, -0.15) is 0 Å². The van der Waals surface area contributed by atoms with Crippen LogP contribution < -0.4 is 5.32 Å². The molecule has 4 heteroatoms. The van der Waals surface area contributed by atoms with Gasteiger partial charge in [0.05, 0.1) is 6.54 Å². The number of hydrogen-bond donors (Lipinski definition) is 1. The second-order valence-electron chi connectivity index (χ2n) is 7.99. The van der Waals surface area contributed by atoms with Crippen molar-refractivity contribution in [1.82, 2.24) is 9.80 Å². The summed E-state index contributed by atoms with van der Waals surface area (Å²) in [7, 11) is 0. The van der Waals surface area contributed by atoms with Gasteiger partial charge in [-0.25, -0.2) is 0 Å². The molecule has 1 aromatic rings. The van der Waals surface area contributed by atoms with E-state index in [0.717, 1.165) is 31.1 Å². The van der Waals surface area contributed by atoms with Gasteiger partial charge in [0.2, 0.25) is 5.91 Å². The molecule has 0 atom stereocenters. The third-order valence-corrected chi connectivity index (χ3v) is 5.96. The molecule has 1 aromatic carbocycles. The summed E-state index contributed by atoms with van der Waals surface area (Å²) in [5.74, 6) is 0.935. The highest BCUT2D eigenvalue weighted by Crippen LogP contribution is 2.21. The lowest BCUT2D eigenvalue weighted by Gasteiger charge is -2.34. The third kappa shape index (κ3) is 5.82. The highest BCUT2D eigenvalue weighted by molar-refractivity contribution is 5.93. The van der Waals surface area contributed by atoms with E-state index in [1.165, 1.54) is 63.7 Å². The van der Waals surface area contributed by atoms with Crippen molar-refractivity contribution in [2.75, 3.05) is 44.6 Å². The Hall–Kier alpha value is -1.39. The van der Waals surface area contributed by atoms with Gasteiger partial charge in [-0.05, 0) is 75.8 Å². The first kappa shape index (κ1) is 19.4. The van der Waals surface area contributed by atoms with Crippen LogP contribution in [0.2, 0.25) is 0 Å². The van der Waals surface area contributed by atoms with E-state index in [0.29, 0.717) is 6.54 Å². The van der Waals surface area contributed by atoms with E-state index < -0.39 is 0 Å². The zero-order chi connectivity index (χ0) is 18.2. The number of piperidine rings is 1. The lowest BCUT2D eigenvalue weighted by atomic mass is 9.96. The summed E-state index contributed by atoms with van der Waals surface area (Å²) in [5.41, 5.74) is 2.17. The number of likely N-dealkylation sites (tertiary alicyclic amines) is 2. The maximum Gasteiger partial charge on any atom is 0.238 e. The van der Waals surface area contributed by atoms with Crippen molar-refractivity contribution < 1.29 is 4.79 Å². The average Bonchev–Trinajstić information content (AvgIpc) is 2.92. The van der Waals surface area contributed by atoms with E-state index in [4.69, 9.17) is 0 Å². The molecule has 26 heavy (non-hydrogen) atoms. The molecular formula is C22H35N3O. The van der Waals surface area contributed by atoms with Crippen molar-refractivity contribution in [2.24, 2.45) is 5.92 Å². The fourth-order valence-corrected chi connectivity index (χ4v) is 4.35. The van der Waals surface area contributed by atoms with Crippen molar-refractivity contribution in [3.63, 3.8) is 0 Å². The fraction of sp³-hybridized carbons (Fsp3) is 0.682. The van der Waals surface area contributed by atoms with Crippen LogP contribution in [-0.2, 0) is 11.2 Å². The second kappa shape index (κ2) is 10.1. The quantitative estimate of drug-likeness (QED) is 0.842. The predicted octanol–water partition coefficient (Wildman–Crippen LogP) is 3.78. The summed E-state index contributed by atoms with van der Waals surface area (Å²) >= 11 is 0. The van der Waals surface area contributed by atoms with E-state index >= 15 is 0 Å². The van der Waals surface area contributed by atoms with Gasteiger partial charge in [0.15, 0.2) is 0 Å². The lowest BCUT2D eigenvalue weighted by Crippen LogP contribution is -2.42. The third-order valence-electron chi connectivity index (χ3n) is 5.96. The Morgan fingerprint density at radius 1 is 1.00 bits per heavy atom. The summed E-state index contributed by atoms with van der Waals surface area (Å²) in [6.07, 6.45) is 8.97. The minimum Gasteiger partial charge on any atom is -0.325 e.